The lowest BCUT2D eigenvalue weighted by Crippen LogP contribution is -2.40. The Bertz CT molecular complexity index is 844. The van der Waals surface area contributed by atoms with Crippen LogP contribution < -0.4 is 5.32 Å². The summed E-state index contributed by atoms with van der Waals surface area (Å²) in [7, 11) is 0. The van der Waals surface area contributed by atoms with Crippen LogP contribution in [0.2, 0.25) is 5.02 Å². The van der Waals surface area contributed by atoms with E-state index in [1.807, 2.05) is 13.0 Å². The average Bonchev–Trinajstić information content (AvgIpc) is 3.39. The van der Waals surface area contributed by atoms with Crippen LogP contribution in [0.5, 0.6) is 0 Å². The van der Waals surface area contributed by atoms with Gasteiger partial charge in [-0.3, -0.25) is 19.3 Å². The summed E-state index contributed by atoms with van der Waals surface area (Å²) >= 11 is 6.08. The number of carbonyl (C=O) groups excluding carboxylic acids is 3. The first kappa shape index (κ1) is 16.1. The molecule has 26 heavy (non-hydrogen) atoms. The average molecular weight is 371 g/mol. The molecule has 134 valence electrons. The highest BCUT2D eigenvalue weighted by Gasteiger charge is 2.67. The summed E-state index contributed by atoms with van der Waals surface area (Å²) in [6.45, 7) is 1.65. The van der Waals surface area contributed by atoms with Crippen molar-refractivity contribution < 1.29 is 14.4 Å². The smallest absolute Gasteiger partial charge is 0.244 e. The highest BCUT2D eigenvalue weighted by atomic mass is 35.5. The number of nitrogens with zero attached hydrogens (tertiary/aromatic N) is 1. The molecule has 0 aromatic heterocycles. The summed E-state index contributed by atoms with van der Waals surface area (Å²) in [5.74, 6) is 0.217. The summed E-state index contributed by atoms with van der Waals surface area (Å²) in [4.78, 5) is 39.3. The van der Waals surface area contributed by atoms with Gasteiger partial charge in [0.15, 0.2) is 0 Å². The normalized spacial score (nSPS) is 36.2. The van der Waals surface area contributed by atoms with Crippen LogP contribution in [0.1, 0.15) is 12.0 Å². The Morgan fingerprint density at radius 2 is 1.77 bits per heavy atom. The minimum absolute atomic E-state index is 0.176. The van der Waals surface area contributed by atoms with Crippen molar-refractivity contribution in [3.05, 3.63) is 40.9 Å². The van der Waals surface area contributed by atoms with E-state index in [2.05, 4.69) is 17.5 Å². The zero-order valence-corrected chi connectivity index (χ0v) is 15.1. The van der Waals surface area contributed by atoms with E-state index in [4.69, 9.17) is 11.6 Å². The third-order valence-corrected chi connectivity index (χ3v) is 6.92. The fourth-order valence-corrected chi connectivity index (χ4v) is 5.37. The van der Waals surface area contributed by atoms with E-state index in [1.165, 1.54) is 0 Å². The molecule has 6 rings (SSSR count). The number of hydrogen-bond acceptors (Lipinski definition) is 3. The van der Waals surface area contributed by atoms with Crippen LogP contribution in [0.4, 0.5) is 5.69 Å². The largest absolute Gasteiger partial charge is 0.324 e. The molecule has 1 heterocycles. The van der Waals surface area contributed by atoms with Crippen molar-refractivity contribution in [3.63, 3.8) is 0 Å². The van der Waals surface area contributed by atoms with Crippen LogP contribution in [-0.4, -0.2) is 29.2 Å². The van der Waals surface area contributed by atoms with Gasteiger partial charge >= 0.3 is 0 Å². The van der Waals surface area contributed by atoms with Gasteiger partial charge < -0.3 is 5.32 Å². The topological polar surface area (TPSA) is 66.5 Å². The maximum atomic E-state index is 12.9. The molecule has 2 bridgehead atoms. The van der Waals surface area contributed by atoms with Gasteiger partial charge in [-0.15, -0.1) is 0 Å². The number of nitrogens with one attached hydrogen (secondary N) is 1. The van der Waals surface area contributed by atoms with E-state index in [9.17, 15) is 14.4 Å². The molecule has 0 radical (unpaired) electrons. The predicted octanol–water partition coefficient (Wildman–Crippen LogP) is 2.64. The zero-order chi connectivity index (χ0) is 18.2. The van der Waals surface area contributed by atoms with E-state index in [1.54, 1.807) is 12.1 Å². The Morgan fingerprint density at radius 1 is 1.15 bits per heavy atom. The zero-order valence-electron chi connectivity index (χ0n) is 14.3. The minimum Gasteiger partial charge on any atom is -0.324 e. The summed E-state index contributed by atoms with van der Waals surface area (Å²) in [6.07, 6.45) is 5.39. The van der Waals surface area contributed by atoms with Gasteiger partial charge in [0, 0.05) is 10.7 Å². The molecule has 3 fully saturated rings. The quantitative estimate of drug-likeness (QED) is 0.657. The first-order valence-electron chi connectivity index (χ1n) is 9.05. The minimum atomic E-state index is -0.379. The third-order valence-electron chi connectivity index (χ3n) is 6.51. The molecule has 1 N–H and O–H groups in total. The molecule has 6 heteroatoms. The van der Waals surface area contributed by atoms with Gasteiger partial charge in [0.25, 0.3) is 0 Å². The van der Waals surface area contributed by atoms with Crippen molar-refractivity contribution in [2.24, 2.45) is 35.5 Å². The van der Waals surface area contributed by atoms with Crippen LogP contribution in [0, 0.1) is 42.4 Å². The Labute approximate surface area is 156 Å². The fourth-order valence-electron chi connectivity index (χ4n) is 5.19. The third kappa shape index (κ3) is 2.19. The lowest BCUT2D eigenvalue weighted by Gasteiger charge is -2.37. The molecule has 3 amide bonds. The van der Waals surface area contributed by atoms with E-state index >= 15 is 0 Å². The molecule has 1 aromatic rings. The van der Waals surface area contributed by atoms with Gasteiger partial charge in [-0.25, -0.2) is 0 Å². The lowest BCUT2D eigenvalue weighted by molar-refractivity contribution is -0.142. The molecule has 0 unspecified atom stereocenters. The van der Waals surface area contributed by atoms with E-state index in [0.29, 0.717) is 22.5 Å². The molecule has 6 atom stereocenters. The first-order chi connectivity index (χ1) is 12.5. The summed E-state index contributed by atoms with van der Waals surface area (Å²) < 4.78 is 0. The van der Waals surface area contributed by atoms with Crippen molar-refractivity contribution in [1.82, 2.24) is 4.90 Å². The van der Waals surface area contributed by atoms with Crippen LogP contribution in [0.25, 0.3) is 0 Å². The van der Waals surface area contributed by atoms with Crippen LogP contribution in [0.15, 0.2) is 30.4 Å². The highest BCUT2D eigenvalue weighted by molar-refractivity contribution is 6.31. The van der Waals surface area contributed by atoms with Crippen LogP contribution in [-0.2, 0) is 14.4 Å². The predicted molar refractivity (Wildman–Crippen MR) is 96.2 cm³/mol. The Kier molecular flexibility index (Phi) is 3.35. The Hall–Kier alpha value is -2.14. The Balaban J connectivity index is 1.32. The lowest BCUT2D eigenvalue weighted by atomic mass is 9.63. The number of carbonyl (C=O) groups is 3. The maximum absolute atomic E-state index is 12.9. The van der Waals surface area contributed by atoms with E-state index in [0.717, 1.165) is 16.9 Å². The number of benzene rings is 1. The molecule has 4 aliphatic carbocycles. The van der Waals surface area contributed by atoms with Crippen molar-refractivity contribution in [2.75, 3.05) is 11.9 Å². The molecule has 5 aliphatic rings. The molecular weight excluding hydrogens is 352 g/mol. The molecule has 2 saturated carbocycles. The molecular formula is C20H19ClN2O3. The molecule has 0 spiro atoms. The second kappa shape index (κ2) is 5.43. The second-order valence-electron chi connectivity index (χ2n) is 7.93. The number of likely N-dealkylation sites (tertiary alicyclic amines) is 1. The van der Waals surface area contributed by atoms with E-state index in [-0.39, 0.29) is 47.9 Å². The number of halogens is 1. The van der Waals surface area contributed by atoms with Crippen molar-refractivity contribution in [2.45, 2.75) is 13.3 Å². The van der Waals surface area contributed by atoms with Gasteiger partial charge in [-0.2, -0.15) is 0 Å². The van der Waals surface area contributed by atoms with Gasteiger partial charge in [0.05, 0.1) is 11.8 Å². The van der Waals surface area contributed by atoms with Crippen LogP contribution in [0.3, 0.4) is 0 Å². The number of amides is 3. The molecule has 1 aliphatic heterocycles. The number of rotatable bonds is 3. The Morgan fingerprint density at radius 3 is 2.35 bits per heavy atom. The van der Waals surface area contributed by atoms with Gasteiger partial charge in [0.1, 0.15) is 6.54 Å². The fraction of sp³-hybridized carbons (Fsp3) is 0.450. The van der Waals surface area contributed by atoms with E-state index < -0.39 is 0 Å². The SMILES string of the molecule is Cc1ccc(NC(=O)CN2C(=O)[C@@H]3[C@H]4C=C[C@@H]([C@@H]5C[C@H]45)[C@@H]3C2=O)cc1Cl. The van der Waals surface area contributed by atoms with Crippen molar-refractivity contribution in [3.8, 4) is 0 Å². The van der Waals surface area contributed by atoms with Gasteiger partial charge in [-0.05, 0) is 54.7 Å². The van der Waals surface area contributed by atoms with Gasteiger partial charge in [-0.1, -0.05) is 29.8 Å². The number of imide groups is 1. The second-order valence-corrected chi connectivity index (χ2v) is 8.34. The first-order valence-corrected chi connectivity index (χ1v) is 9.43. The molecule has 5 nitrogen and oxygen atoms in total. The molecule has 1 aromatic carbocycles. The monoisotopic (exact) mass is 370 g/mol. The maximum Gasteiger partial charge on any atom is 0.244 e. The van der Waals surface area contributed by atoms with Crippen molar-refractivity contribution in [1.29, 1.82) is 0 Å². The summed E-state index contributed by atoms with van der Waals surface area (Å²) in [5, 5.41) is 3.29. The summed E-state index contributed by atoms with van der Waals surface area (Å²) in [5.41, 5.74) is 1.48. The highest BCUT2D eigenvalue weighted by Crippen LogP contribution is 2.65. The number of anilines is 1. The number of aryl methyl sites for hydroxylation is 1. The standard InChI is InChI=1S/C20H19ClN2O3/c1-9-2-3-10(6-15(9)21)22-16(24)8-23-19(25)17-11-4-5-12(14-7-13(11)14)18(17)20(23)26/h2-6,11-14,17-18H,7-8H2,1H3,(H,22,24)/t11-,12-,13-,14+,17-,18+/m0/s1. The summed E-state index contributed by atoms with van der Waals surface area (Å²) in [6, 6.07) is 5.23. The number of allylic oxidation sites excluding steroid dienone is 2. The molecule has 1 saturated heterocycles. The van der Waals surface area contributed by atoms with Gasteiger partial charge in [0.2, 0.25) is 17.7 Å². The van der Waals surface area contributed by atoms with Crippen molar-refractivity contribution >= 4 is 35.0 Å². The van der Waals surface area contributed by atoms with Crippen LogP contribution >= 0.6 is 11.6 Å². The number of hydrogen-bond donors (Lipinski definition) is 1.